The van der Waals surface area contributed by atoms with E-state index in [0.29, 0.717) is 10.6 Å². The van der Waals surface area contributed by atoms with Gasteiger partial charge in [0.15, 0.2) is 0 Å². The number of nitrogens with two attached hydrogens (primary N) is 1. The number of rotatable bonds is 2. The van der Waals surface area contributed by atoms with Gasteiger partial charge in [-0.1, -0.05) is 17.7 Å². The Morgan fingerprint density at radius 1 is 1.58 bits per heavy atom. The monoisotopic (exact) mass is 189 g/mol. The summed E-state index contributed by atoms with van der Waals surface area (Å²) in [5.74, 6) is 4.51. The summed E-state index contributed by atoms with van der Waals surface area (Å²) in [6, 6.07) is 4.37. The summed E-state index contributed by atoms with van der Waals surface area (Å²) in [5.41, 5.74) is 0.405. The predicted octanol–water partition coefficient (Wildman–Crippen LogP) is 2.43. The zero-order valence-electron chi connectivity index (χ0n) is 6.55. The Balaban J connectivity index is 3.01. The summed E-state index contributed by atoms with van der Waals surface area (Å²) in [6.07, 6.45) is -0.456. The third kappa shape index (κ3) is 1.94. The van der Waals surface area contributed by atoms with Gasteiger partial charge in [-0.15, -0.1) is 0 Å². The number of benzene rings is 1. The van der Waals surface area contributed by atoms with Gasteiger partial charge < -0.3 is 0 Å². The van der Waals surface area contributed by atoms with Gasteiger partial charge in [0, 0.05) is 10.6 Å². The van der Waals surface area contributed by atoms with Gasteiger partial charge in [0.1, 0.15) is 11.9 Å². The SMILES string of the molecule is CC(ON)c1ccc(Cl)cc1F. The van der Waals surface area contributed by atoms with Crippen LogP contribution in [-0.4, -0.2) is 0 Å². The lowest BCUT2D eigenvalue weighted by molar-refractivity contribution is 0.0639. The van der Waals surface area contributed by atoms with Crippen LogP contribution in [0.3, 0.4) is 0 Å². The third-order valence-electron chi connectivity index (χ3n) is 1.60. The Morgan fingerprint density at radius 3 is 2.75 bits per heavy atom. The van der Waals surface area contributed by atoms with Crippen molar-refractivity contribution in [3.63, 3.8) is 0 Å². The molecule has 1 aromatic carbocycles. The van der Waals surface area contributed by atoms with Crippen molar-refractivity contribution in [2.24, 2.45) is 5.90 Å². The molecule has 0 amide bonds. The molecular formula is C8H9ClFNO. The summed E-state index contributed by atoms with van der Waals surface area (Å²) in [5, 5.41) is 0.362. The van der Waals surface area contributed by atoms with Crippen LogP contribution in [0.15, 0.2) is 18.2 Å². The van der Waals surface area contributed by atoms with Gasteiger partial charge in [0.05, 0.1) is 0 Å². The lowest BCUT2D eigenvalue weighted by atomic mass is 10.1. The maximum Gasteiger partial charge on any atom is 0.130 e. The van der Waals surface area contributed by atoms with Crippen LogP contribution < -0.4 is 5.90 Å². The molecule has 0 bridgehead atoms. The lowest BCUT2D eigenvalue weighted by Crippen LogP contribution is -2.07. The normalized spacial score (nSPS) is 13.0. The highest BCUT2D eigenvalue weighted by Crippen LogP contribution is 2.21. The largest absolute Gasteiger partial charge is 0.297 e. The molecule has 0 saturated heterocycles. The van der Waals surface area contributed by atoms with Crippen molar-refractivity contribution in [1.82, 2.24) is 0 Å². The fraction of sp³-hybridized carbons (Fsp3) is 0.250. The average molecular weight is 190 g/mol. The van der Waals surface area contributed by atoms with Gasteiger partial charge in [-0.3, -0.25) is 4.84 Å². The van der Waals surface area contributed by atoms with Crippen molar-refractivity contribution >= 4 is 11.6 Å². The molecule has 1 atom stereocenters. The van der Waals surface area contributed by atoms with E-state index in [1.807, 2.05) is 0 Å². The zero-order valence-corrected chi connectivity index (χ0v) is 7.31. The average Bonchev–Trinajstić information content (AvgIpc) is 2.03. The molecule has 2 nitrogen and oxygen atoms in total. The van der Waals surface area contributed by atoms with E-state index in [1.165, 1.54) is 6.07 Å². The molecule has 0 radical (unpaired) electrons. The molecule has 0 saturated carbocycles. The van der Waals surface area contributed by atoms with E-state index in [9.17, 15) is 4.39 Å². The molecule has 1 aromatic rings. The van der Waals surface area contributed by atoms with Crippen molar-refractivity contribution in [1.29, 1.82) is 0 Å². The molecule has 1 rings (SSSR count). The van der Waals surface area contributed by atoms with E-state index in [4.69, 9.17) is 17.5 Å². The summed E-state index contributed by atoms with van der Waals surface area (Å²) in [6.45, 7) is 1.66. The first-order chi connectivity index (χ1) is 5.65. The second-order valence-corrected chi connectivity index (χ2v) is 2.88. The summed E-state index contributed by atoms with van der Waals surface area (Å²) in [4.78, 5) is 4.47. The standard InChI is InChI=1S/C8H9ClFNO/c1-5(12-11)7-3-2-6(9)4-8(7)10/h2-5H,11H2,1H3. The maximum atomic E-state index is 13.1. The summed E-state index contributed by atoms with van der Waals surface area (Å²) < 4.78 is 13.1. The zero-order chi connectivity index (χ0) is 9.14. The second-order valence-electron chi connectivity index (χ2n) is 2.44. The van der Waals surface area contributed by atoms with E-state index < -0.39 is 11.9 Å². The van der Waals surface area contributed by atoms with Crippen molar-refractivity contribution in [3.8, 4) is 0 Å². The molecule has 66 valence electrons. The molecule has 1 unspecified atom stereocenters. The van der Waals surface area contributed by atoms with Crippen molar-refractivity contribution in [3.05, 3.63) is 34.6 Å². The van der Waals surface area contributed by atoms with E-state index in [0.717, 1.165) is 0 Å². The topological polar surface area (TPSA) is 35.2 Å². The molecule has 4 heteroatoms. The maximum absolute atomic E-state index is 13.1. The summed E-state index contributed by atoms with van der Waals surface area (Å²) >= 11 is 5.55. The Bertz CT molecular complexity index is 280. The molecule has 0 fully saturated rings. The second kappa shape index (κ2) is 3.85. The van der Waals surface area contributed by atoms with E-state index in [-0.39, 0.29) is 0 Å². The molecule has 0 aliphatic carbocycles. The first-order valence-corrected chi connectivity index (χ1v) is 3.83. The fourth-order valence-corrected chi connectivity index (χ4v) is 1.06. The molecule has 2 N–H and O–H groups in total. The van der Waals surface area contributed by atoms with Crippen LogP contribution >= 0.6 is 11.6 Å². The Labute approximate surface area is 75.0 Å². The Hall–Kier alpha value is -0.640. The first-order valence-electron chi connectivity index (χ1n) is 3.45. The number of hydrogen-bond acceptors (Lipinski definition) is 2. The minimum absolute atomic E-state index is 0.362. The van der Waals surface area contributed by atoms with Crippen LogP contribution in [0, 0.1) is 5.82 Å². The van der Waals surface area contributed by atoms with Crippen molar-refractivity contribution in [2.45, 2.75) is 13.0 Å². The molecular weight excluding hydrogens is 181 g/mol. The smallest absolute Gasteiger partial charge is 0.130 e. The molecule has 0 aliphatic rings. The molecule has 0 aromatic heterocycles. The van der Waals surface area contributed by atoms with E-state index in [2.05, 4.69) is 4.84 Å². The lowest BCUT2D eigenvalue weighted by Gasteiger charge is -2.09. The van der Waals surface area contributed by atoms with Crippen LogP contribution in [-0.2, 0) is 4.84 Å². The highest BCUT2D eigenvalue weighted by Gasteiger charge is 2.10. The van der Waals surface area contributed by atoms with Crippen LogP contribution in [0.2, 0.25) is 5.02 Å². The van der Waals surface area contributed by atoms with E-state index >= 15 is 0 Å². The van der Waals surface area contributed by atoms with Crippen molar-refractivity contribution < 1.29 is 9.23 Å². The van der Waals surface area contributed by atoms with Gasteiger partial charge in [-0.25, -0.2) is 10.3 Å². The van der Waals surface area contributed by atoms with Crippen LogP contribution in [0.4, 0.5) is 4.39 Å². The molecule has 0 heterocycles. The van der Waals surface area contributed by atoms with Crippen LogP contribution in [0.1, 0.15) is 18.6 Å². The van der Waals surface area contributed by atoms with Gasteiger partial charge >= 0.3 is 0 Å². The fourth-order valence-electron chi connectivity index (χ4n) is 0.904. The van der Waals surface area contributed by atoms with Crippen LogP contribution in [0.5, 0.6) is 0 Å². The third-order valence-corrected chi connectivity index (χ3v) is 1.84. The molecule has 0 aliphatic heterocycles. The van der Waals surface area contributed by atoms with Gasteiger partial charge in [0.2, 0.25) is 0 Å². The Morgan fingerprint density at radius 2 is 2.25 bits per heavy atom. The van der Waals surface area contributed by atoms with Crippen LogP contribution in [0.25, 0.3) is 0 Å². The van der Waals surface area contributed by atoms with E-state index in [1.54, 1.807) is 19.1 Å². The quantitative estimate of drug-likeness (QED) is 0.726. The van der Waals surface area contributed by atoms with Gasteiger partial charge in [-0.05, 0) is 19.1 Å². The Kier molecular flexibility index (Phi) is 3.03. The minimum Gasteiger partial charge on any atom is -0.297 e. The van der Waals surface area contributed by atoms with Gasteiger partial charge in [-0.2, -0.15) is 0 Å². The molecule has 12 heavy (non-hydrogen) atoms. The highest BCUT2D eigenvalue weighted by atomic mass is 35.5. The van der Waals surface area contributed by atoms with Crippen molar-refractivity contribution in [2.75, 3.05) is 0 Å². The highest BCUT2D eigenvalue weighted by molar-refractivity contribution is 6.30. The molecule has 0 spiro atoms. The summed E-state index contributed by atoms with van der Waals surface area (Å²) in [7, 11) is 0. The number of halogens is 2. The number of hydrogen-bond donors (Lipinski definition) is 1. The predicted molar refractivity (Wildman–Crippen MR) is 45.1 cm³/mol. The minimum atomic E-state index is -0.456. The first kappa shape index (κ1) is 9.45. The van der Waals surface area contributed by atoms with Gasteiger partial charge in [0.25, 0.3) is 0 Å².